The van der Waals surface area contributed by atoms with E-state index in [4.69, 9.17) is 4.74 Å². The lowest BCUT2D eigenvalue weighted by Crippen LogP contribution is -1.97. The summed E-state index contributed by atoms with van der Waals surface area (Å²) in [5, 5.41) is 0. The van der Waals surface area contributed by atoms with Crippen LogP contribution in [0.15, 0.2) is 66.7 Å². The fourth-order valence-corrected chi connectivity index (χ4v) is 3.41. The highest BCUT2D eigenvalue weighted by Crippen LogP contribution is 2.35. The van der Waals surface area contributed by atoms with Crippen LogP contribution in [0.25, 0.3) is 11.1 Å². The smallest absolute Gasteiger partial charge is 0.126 e. The maximum Gasteiger partial charge on any atom is 0.126 e. The van der Waals surface area contributed by atoms with Crippen LogP contribution in [0, 0.1) is 13.8 Å². The maximum atomic E-state index is 5.55. The summed E-state index contributed by atoms with van der Waals surface area (Å²) in [6.07, 6.45) is 2.14. The Balaban J connectivity index is 1.89. The molecule has 0 N–H and O–H groups in total. The molecule has 0 saturated heterocycles. The Bertz CT molecular complexity index is 795. The van der Waals surface area contributed by atoms with Crippen molar-refractivity contribution in [3.63, 3.8) is 0 Å². The van der Waals surface area contributed by atoms with E-state index in [1.54, 1.807) is 7.11 Å². The summed E-state index contributed by atoms with van der Waals surface area (Å²) in [5.41, 5.74) is 7.86. The van der Waals surface area contributed by atoms with E-state index in [1.165, 1.54) is 33.4 Å². The number of ether oxygens (including phenoxy) is 1. The van der Waals surface area contributed by atoms with Gasteiger partial charge in [-0.1, -0.05) is 60.7 Å². The third-order valence-corrected chi connectivity index (χ3v) is 4.51. The van der Waals surface area contributed by atoms with Crippen molar-refractivity contribution in [3.8, 4) is 16.9 Å². The minimum atomic E-state index is 0.931. The zero-order valence-electron chi connectivity index (χ0n) is 14.7. The van der Waals surface area contributed by atoms with Crippen LogP contribution in [0.3, 0.4) is 0 Å². The van der Waals surface area contributed by atoms with Gasteiger partial charge in [0, 0.05) is 5.56 Å². The Labute approximate surface area is 144 Å². The number of aryl methyl sites for hydroxylation is 4. The van der Waals surface area contributed by atoms with Crippen LogP contribution in [0.4, 0.5) is 0 Å². The van der Waals surface area contributed by atoms with Crippen LogP contribution in [-0.4, -0.2) is 7.11 Å². The molecule has 3 rings (SSSR count). The SMILES string of the molecule is COc1ccccc1-c1c(C)cc(CCc2ccccc2)cc1C. The van der Waals surface area contributed by atoms with Gasteiger partial charge in [0.05, 0.1) is 7.11 Å². The zero-order chi connectivity index (χ0) is 16.9. The first-order valence-corrected chi connectivity index (χ1v) is 8.46. The number of rotatable bonds is 5. The van der Waals surface area contributed by atoms with Gasteiger partial charge >= 0.3 is 0 Å². The van der Waals surface area contributed by atoms with E-state index in [9.17, 15) is 0 Å². The Hall–Kier alpha value is -2.54. The number of methoxy groups -OCH3 is 1. The fraction of sp³-hybridized carbons (Fsp3) is 0.217. The van der Waals surface area contributed by atoms with E-state index in [2.05, 4.69) is 68.4 Å². The lowest BCUT2D eigenvalue weighted by Gasteiger charge is -2.16. The number of hydrogen-bond acceptors (Lipinski definition) is 1. The van der Waals surface area contributed by atoms with Gasteiger partial charge in [-0.3, -0.25) is 0 Å². The highest BCUT2D eigenvalue weighted by Gasteiger charge is 2.12. The summed E-state index contributed by atoms with van der Waals surface area (Å²) in [7, 11) is 1.73. The van der Waals surface area contributed by atoms with E-state index in [0.717, 1.165) is 18.6 Å². The van der Waals surface area contributed by atoms with Crippen LogP contribution in [0.2, 0.25) is 0 Å². The molecule has 24 heavy (non-hydrogen) atoms. The highest BCUT2D eigenvalue weighted by atomic mass is 16.5. The van der Waals surface area contributed by atoms with Gasteiger partial charge in [-0.2, -0.15) is 0 Å². The molecule has 0 amide bonds. The quantitative estimate of drug-likeness (QED) is 0.581. The van der Waals surface area contributed by atoms with Crippen LogP contribution in [0.5, 0.6) is 5.75 Å². The average molecular weight is 316 g/mol. The molecule has 0 saturated carbocycles. The molecule has 0 fully saturated rings. The molecule has 0 radical (unpaired) electrons. The van der Waals surface area contributed by atoms with E-state index in [-0.39, 0.29) is 0 Å². The molecule has 3 aromatic carbocycles. The van der Waals surface area contributed by atoms with Crippen LogP contribution >= 0.6 is 0 Å². The highest BCUT2D eigenvalue weighted by molar-refractivity contribution is 5.76. The number of benzene rings is 3. The standard InChI is InChI=1S/C23H24O/c1-17-15-20(14-13-19-9-5-4-6-10-19)16-18(2)23(17)21-11-7-8-12-22(21)24-3/h4-12,15-16H,13-14H2,1-3H3. The van der Waals surface area contributed by atoms with E-state index >= 15 is 0 Å². The van der Waals surface area contributed by atoms with Crippen molar-refractivity contribution < 1.29 is 4.74 Å². The predicted molar refractivity (Wildman–Crippen MR) is 102 cm³/mol. The molecule has 0 aliphatic carbocycles. The zero-order valence-corrected chi connectivity index (χ0v) is 14.7. The lowest BCUT2D eigenvalue weighted by atomic mass is 9.91. The Morgan fingerprint density at radius 2 is 1.29 bits per heavy atom. The van der Waals surface area contributed by atoms with Crippen molar-refractivity contribution in [2.75, 3.05) is 7.11 Å². The van der Waals surface area contributed by atoms with Crippen molar-refractivity contribution in [1.82, 2.24) is 0 Å². The van der Waals surface area contributed by atoms with E-state index in [1.807, 2.05) is 12.1 Å². The maximum absolute atomic E-state index is 5.55. The van der Waals surface area contributed by atoms with Crippen molar-refractivity contribution in [1.29, 1.82) is 0 Å². The Morgan fingerprint density at radius 3 is 1.96 bits per heavy atom. The van der Waals surface area contributed by atoms with Gasteiger partial charge in [0.15, 0.2) is 0 Å². The fourth-order valence-electron chi connectivity index (χ4n) is 3.41. The second-order valence-electron chi connectivity index (χ2n) is 6.29. The third-order valence-electron chi connectivity index (χ3n) is 4.51. The molecule has 0 aliphatic rings. The summed E-state index contributed by atoms with van der Waals surface area (Å²) < 4.78 is 5.55. The number of para-hydroxylation sites is 1. The van der Waals surface area contributed by atoms with Gasteiger partial charge in [-0.15, -0.1) is 0 Å². The molecular weight excluding hydrogens is 292 g/mol. The van der Waals surface area contributed by atoms with Crippen LogP contribution in [-0.2, 0) is 12.8 Å². The molecule has 0 bridgehead atoms. The topological polar surface area (TPSA) is 9.23 Å². The Kier molecular flexibility index (Phi) is 5.00. The summed E-state index contributed by atoms with van der Waals surface area (Å²) in [6.45, 7) is 4.39. The normalized spacial score (nSPS) is 10.6. The van der Waals surface area contributed by atoms with Gasteiger partial charge in [0.1, 0.15) is 5.75 Å². The summed E-state index contributed by atoms with van der Waals surface area (Å²) in [5.74, 6) is 0.931. The molecule has 0 unspecified atom stereocenters. The second-order valence-corrected chi connectivity index (χ2v) is 6.29. The van der Waals surface area contributed by atoms with Crippen LogP contribution < -0.4 is 4.74 Å². The van der Waals surface area contributed by atoms with E-state index < -0.39 is 0 Å². The minimum absolute atomic E-state index is 0.931. The van der Waals surface area contributed by atoms with Crippen molar-refractivity contribution in [2.45, 2.75) is 26.7 Å². The minimum Gasteiger partial charge on any atom is -0.496 e. The van der Waals surface area contributed by atoms with Gasteiger partial charge in [-0.25, -0.2) is 0 Å². The number of hydrogen-bond donors (Lipinski definition) is 0. The second kappa shape index (κ2) is 7.35. The molecule has 3 aromatic rings. The van der Waals surface area contributed by atoms with Gasteiger partial charge in [-0.05, 0) is 60.6 Å². The van der Waals surface area contributed by atoms with Crippen molar-refractivity contribution in [2.24, 2.45) is 0 Å². The summed E-state index contributed by atoms with van der Waals surface area (Å²) >= 11 is 0. The first-order valence-electron chi connectivity index (χ1n) is 8.46. The molecule has 0 aromatic heterocycles. The monoisotopic (exact) mass is 316 g/mol. The molecule has 0 aliphatic heterocycles. The molecule has 1 heteroatoms. The molecule has 1 nitrogen and oxygen atoms in total. The summed E-state index contributed by atoms with van der Waals surface area (Å²) in [4.78, 5) is 0. The van der Waals surface area contributed by atoms with Gasteiger partial charge in [0.25, 0.3) is 0 Å². The predicted octanol–water partition coefficient (Wildman–Crippen LogP) is 5.76. The van der Waals surface area contributed by atoms with Gasteiger partial charge < -0.3 is 4.74 Å². The molecule has 0 atom stereocenters. The molecule has 0 heterocycles. The lowest BCUT2D eigenvalue weighted by molar-refractivity contribution is 0.416. The Morgan fingerprint density at radius 1 is 0.708 bits per heavy atom. The van der Waals surface area contributed by atoms with Crippen molar-refractivity contribution in [3.05, 3.63) is 89.0 Å². The van der Waals surface area contributed by atoms with Gasteiger partial charge in [0.2, 0.25) is 0 Å². The molecule has 0 spiro atoms. The average Bonchev–Trinajstić information content (AvgIpc) is 2.61. The van der Waals surface area contributed by atoms with E-state index in [0.29, 0.717) is 0 Å². The molecular formula is C23H24O. The largest absolute Gasteiger partial charge is 0.496 e. The molecule has 122 valence electrons. The van der Waals surface area contributed by atoms with Crippen LogP contribution in [0.1, 0.15) is 22.3 Å². The third kappa shape index (κ3) is 3.51. The summed E-state index contributed by atoms with van der Waals surface area (Å²) in [6, 6.07) is 23.6. The first kappa shape index (κ1) is 16.3. The van der Waals surface area contributed by atoms with Crippen molar-refractivity contribution >= 4 is 0 Å². The first-order chi connectivity index (χ1) is 11.7.